The average molecular weight is 502 g/mol. The molecule has 6 rings (SSSR count). The van der Waals surface area contributed by atoms with Gasteiger partial charge in [-0.3, -0.25) is 10.1 Å². The van der Waals surface area contributed by atoms with Gasteiger partial charge in [0.2, 0.25) is 0 Å². The van der Waals surface area contributed by atoms with Crippen LogP contribution in [-0.4, -0.2) is 20.2 Å². The largest absolute Gasteiger partial charge is 0.358 e. The molecular weight excluding hydrogens is 473 g/mol. The summed E-state index contributed by atoms with van der Waals surface area (Å²) >= 11 is 0. The lowest BCUT2D eigenvalue weighted by atomic mass is 10.0. The first kappa shape index (κ1) is 23.7. The second kappa shape index (κ2) is 9.63. The van der Waals surface area contributed by atoms with Gasteiger partial charge in [0, 0.05) is 39.1 Å². The molecule has 0 amide bonds. The number of fused-ring (bicyclic) bond motifs is 1. The molecule has 0 radical (unpaired) electrons. The van der Waals surface area contributed by atoms with Gasteiger partial charge in [-0.25, -0.2) is 4.39 Å². The van der Waals surface area contributed by atoms with Crippen LogP contribution in [0.25, 0.3) is 51.1 Å². The van der Waals surface area contributed by atoms with Crippen LogP contribution in [0.5, 0.6) is 0 Å². The molecule has 1 aliphatic carbocycles. The smallest absolute Gasteiger partial charge is 0.131 e. The number of halogens is 1. The van der Waals surface area contributed by atoms with Crippen LogP contribution in [-0.2, 0) is 0 Å². The Morgan fingerprint density at radius 1 is 1.05 bits per heavy atom. The standard InChI is InChI=1S/C32H28FN5/c1-4-29-27(14-19(2)22-15-23(18-34-17-22)35-20(3)21-12-13-21)32(38-37-29)31-16-26-24(9-7-11-30(26)36-31)25-8-5-6-10-28(25)33/h4-11,14-18,21,35-37H,2-3,12-13H2,1H3/b27-14+,29-4+. The number of nitrogens with zero attached hydrogens (tertiary/aromatic N) is 2. The van der Waals surface area contributed by atoms with E-state index >= 15 is 0 Å². The van der Waals surface area contributed by atoms with E-state index in [9.17, 15) is 4.39 Å². The SMILES string of the molecule is C=C(/C=c1/c(-c2cc3c(-c4ccccc4F)cccc3[nH]2)n[nH]/c1=C/C)c1cncc(NC(=C)C2CC2)c1. The quantitative estimate of drug-likeness (QED) is 0.242. The molecule has 0 aliphatic heterocycles. The van der Waals surface area contributed by atoms with Gasteiger partial charge >= 0.3 is 0 Å². The zero-order valence-electron chi connectivity index (χ0n) is 21.2. The molecule has 1 aliphatic rings. The van der Waals surface area contributed by atoms with Crippen LogP contribution in [0.4, 0.5) is 10.1 Å². The van der Waals surface area contributed by atoms with E-state index in [-0.39, 0.29) is 5.82 Å². The molecule has 5 nitrogen and oxygen atoms in total. The van der Waals surface area contributed by atoms with Gasteiger partial charge in [0.1, 0.15) is 11.5 Å². The zero-order chi connectivity index (χ0) is 26.2. The van der Waals surface area contributed by atoms with E-state index < -0.39 is 0 Å². The monoisotopic (exact) mass is 501 g/mol. The Morgan fingerprint density at radius 2 is 1.87 bits per heavy atom. The number of hydrogen-bond donors (Lipinski definition) is 3. The summed E-state index contributed by atoms with van der Waals surface area (Å²) < 4.78 is 14.6. The highest BCUT2D eigenvalue weighted by Gasteiger charge is 2.24. The third-order valence-corrected chi connectivity index (χ3v) is 7.01. The van der Waals surface area contributed by atoms with E-state index in [4.69, 9.17) is 0 Å². The second-order valence-electron chi connectivity index (χ2n) is 9.67. The lowest BCUT2D eigenvalue weighted by Crippen LogP contribution is -2.23. The molecule has 38 heavy (non-hydrogen) atoms. The number of aromatic nitrogens is 4. The van der Waals surface area contributed by atoms with Crippen molar-refractivity contribution in [3.05, 3.63) is 108 Å². The molecule has 0 saturated heterocycles. The van der Waals surface area contributed by atoms with Crippen LogP contribution < -0.4 is 15.9 Å². The fraction of sp³-hybridized carbons (Fsp3) is 0.125. The molecule has 5 aromatic rings. The molecule has 0 bridgehead atoms. The van der Waals surface area contributed by atoms with E-state index in [2.05, 4.69) is 38.6 Å². The van der Waals surface area contributed by atoms with E-state index in [1.165, 1.54) is 18.9 Å². The van der Waals surface area contributed by atoms with Crippen LogP contribution in [0.2, 0.25) is 0 Å². The van der Waals surface area contributed by atoms with E-state index in [1.807, 2.05) is 61.7 Å². The Bertz CT molecular complexity index is 1820. The number of allylic oxidation sites excluding steroid dienone is 2. The van der Waals surface area contributed by atoms with Gasteiger partial charge in [-0.05, 0) is 67.2 Å². The molecule has 3 N–H and O–H groups in total. The first-order chi connectivity index (χ1) is 18.5. The zero-order valence-corrected chi connectivity index (χ0v) is 21.2. The van der Waals surface area contributed by atoms with E-state index in [1.54, 1.807) is 18.3 Å². The fourth-order valence-electron chi connectivity index (χ4n) is 4.79. The van der Waals surface area contributed by atoms with Gasteiger partial charge in [-0.15, -0.1) is 0 Å². The summed E-state index contributed by atoms with van der Waals surface area (Å²) in [5.74, 6) is 0.307. The number of hydrogen-bond acceptors (Lipinski definition) is 3. The Balaban J connectivity index is 1.41. The topological polar surface area (TPSA) is 69.4 Å². The molecule has 3 heterocycles. The Morgan fingerprint density at radius 3 is 2.66 bits per heavy atom. The van der Waals surface area contributed by atoms with Crippen LogP contribution in [0.3, 0.4) is 0 Å². The predicted octanol–water partition coefficient (Wildman–Crippen LogP) is 6.39. The lowest BCUT2D eigenvalue weighted by molar-refractivity contribution is 0.631. The van der Waals surface area contributed by atoms with Gasteiger partial charge in [0.05, 0.1) is 22.9 Å². The summed E-state index contributed by atoms with van der Waals surface area (Å²) in [5.41, 5.74) is 7.57. The van der Waals surface area contributed by atoms with Gasteiger partial charge < -0.3 is 10.3 Å². The van der Waals surface area contributed by atoms with Gasteiger partial charge in [0.25, 0.3) is 0 Å². The highest BCUT2D eigenvalue weighted by molar-refractivity contribution is 5.98. The number of nitrogens with one attached hydrogen (secondary N) is 3. The highest BCUT2D eigenvalue weighted by Crippen LogP contribution is 2.36. The Hall–Kier alpha value is -4.71. The number of anilines is 1. The molecule has 0 spiro atoms. The number of H-pyrrole nitrogens is 2. The number of rotatable bonds is 7. The molecule has 2 aromatic carbocycles. The van der Waals surface area contributed by atoms with Crippen molar-refractivity contribution in [3.63, 3.8) is 0 Å². The molecule has 3 aromatic heterocycles. The summed E-state index contributed by atoms with van der Waals surface area (Å²) in [6.07, 6.45) is 10.00. The molecule has 1 saturated carbocycles. The highest BCUT2D eigenvalue weighted by atomic mass is 19.1. The lowest BCUT2D eigenvalue weighted by Gasteiger charge is -2.09. The van der Waals surface area contributed by atoms with Crippen molar-refractivity contribution in [1.29, 1.82) is 0 Å². The maximum atomic E-state index is 14.6. The summed E-state index contributed by atoms with van der Waals surface area (Å²) in [6, 6.07) is 16.8. The minimum atomic E-state index is -0.248. The first-order valence-electron chi connectivity index (χ1n) is 12.7. The first-order valence-corrected chi connectivity index (χ1v) is 12.7. The number of pyridine rings is 1. The summed E-state index contributed by atoms with van der Waals surface area (Å²) in [6.45, 7) is 10.5. The normalized spacial score (nSPS) is 14.3. The molecule has 1 fully saturated rings. The maximum absolute atomic E-state index is 14.6. The summed E-state index contributed by atoms with van der Waals surface area (Å²) in [4.78, 5) is 7.89. The summed E-state index contributed by atoms with van der Waals surface area (Å²) in [5, 5.41) is 13.9. The van der Waals surface area contributed by atoms with Crippen molar-refractivity contribution in [3.8, 4) is 22.5 Å². The van der Waals surface area contributed by atoms with Gasteiger partial charge in [-0.1, -0.05) is 49.6 Å². The van der Waals surface area contributed by atoms with Crippen molar-refractivity contribution in [2.24, 2.45) is 5.92 Å². The second-order valence-corrected chi connectivity index (χ2v) is 9.67. The van der Waals surface area contributed by atoms with Crippen molar-refractivity contribution in [2.75, 3.05) is 5.32 Å². The van der Waals surface area contributed by atoms with Crippen molar-refractivity contribution >= 4 is 34.3 Å². The molecule has 0 unspecified atom stereocenters. The Kier molecular flexibility index (Phi) is 6.00. The third kappa shape index (κ3) is 4.45. The van der Waals surface area contributed by atoms with Crippen LogP contribution in [0.15, 0.2) is 85.8 Å². The molecular formula is C32H28FN5. The minimum absolute atomic E-state index is 0.248. The van der Waals surface area contributed by atoms with Crippen LogP contribution in [0, 0.1) is 11.7 Å². The number of benzene rings is 2. The predicted molar refractivity (Wildman–Crippen MR) is 154 cm³/mol. The van der Waals surface area contributed by atoms with Gasteiger partial charge in [-0.2, -0.15) is 5.10 Å². The van der Waals surface area contributed by atoms with E-state index in [0.29, 0.717) is 11.5 Å². The molecule has 0 atom stereocenters. The minimum Gasteiger partial charge on any atom is -0.358 e. The van der Waals surface area contributed by atoms with Crippen molar-refractivity contribution in [1.82, 2.24) is 20.2 Å². The van der Waals surface area contributed by atoms with E-state index in [0.717, 1.165) is 60.9 Å². The molecule has 188 valence electrons. The Labute approximate surface area is 220 Å². The van der Waals surface area contributed by atoms with Crippen LogP contribution in [0.1, 0.15) is 25.3 Å². The van der Waals surface area contributed by atoms with Crippen molar-refractivity contribution in [2.45, 2.75) is 19.8 Å². The third-order valence-electron chi connectivity index (χ3n) is 7.01. The number of aromatic amines is 2. The average Bonchev–Trinajstić information content (AvgIpc) is 3.57. The van der Waals surface area contributed by atoms with Gasteiger partial charge in [0.15, 0.2) is 0 Å². The van der Waals surface area contributed by atoms with Crippen LogP contribution >= 0.6 is 0 Å². The van der Waals surface area contributed by atoms with Crippen molar-refractivity contribution < 1.29 is 4.39 Å². The fourth-order valence-corrected chi connectivity index (χ4v) is 4.79. The summed E-state index contributed by atoms with van der Waals surface area (Å²) in [7, 11) is 0. The maximum Gasteiger partial charge on any atom is 0.131 e. The molecule has 6 heteroatoms.